The fraction of sp³-hybridized carbons (Fsp3) is 0.579. The van der Waals surface area contributed by atoms with Crippen LogP contribution < -0.4 is 9.64 Å². The first-order valence-electron chi connectivity index (χ1n) is 9.38. The minimum atomic E-state index is 0.533. The van der Waals surface area contributed by atoms with Gasteiger partial charge in [-0.05, 0) is 38.7 Å². The van der Waals surface area contributed by atoms with Gasteiger partial charge in [0.05, 0.1) is 12.8 Å². The number of rotatable bonds is 6. The summed E-state index contributed by atoms with van der Waals surface area (Å²) in [6, 6.07) is 5.14. The first-order chi connectivity index (χ1) is 12.7. The summed E-state index contributed by atoms with van der Waals surface area (Å²) in [5.74, 6) is 2.48. The number of anilines is 1. The molecular weight excluding hydrogens is 328 g/mol. The van der Waals surface area contributed by atoms with Crippen LogP contribution in [-0.2, 0) is 6.54 Å². The minimum Gasteiger partial charge on any atom is -0.481 e. The average molecular weight is 354 g/mol. The molecule has 1 saturated heterocycles. The van der Waals surface area contributed by atoms with Crippen molar-refractivity contribution < 1.29 is 4.74 Å². The zero-order valence-corrected chi connectivity index (χ0v) is 15.5. The molecule has 0 atom stereocenters. The Morgan fingerprint density at radius 2 is 1.88 bits per heavy atom. The molecule has 138 valence electrons. The van der Waals surface area contributed by atoms with E-state index < -0.39 is 0 Å². The Kier molecular flexibility index (Phi) is 4.97. The van der Waals surface area contributed by atoms with E-state index in [1.54, 1.807) is 13.4 Å². The van der Waals surface area contributed by atoms with Crippen LogP contribution in [0.4, 0.5) is 5.82 Å². The zero-order valence-electron chi connectivity index (χ0n) is 15.5. The number of ether oxygens (including phenoxy) is 1. The number of aromatic nitrogens is 4. The van der Waals surface area contributed by atoms with Crippen molar-refractivity contribution in [2.45, 2.75) is 51.2 Å². The molecule has 1 aliphatic heterocycles. The van der Waals surface area contributed by atoms with E-state index in [2.05, 4.69) is 29.7 Å². The molecule has 4 rings (SSSR count). The molecule has 2 aromatic rings. The molecule has 0 aromatic carbocycles. The molecule has 0 bridgehead atoms. The fourth-order valence-corrected chi connectivity index (χ4v) is 3.79. The van der Waals surface area contributed by atoms with Crippen molar-refractivity contribution in [3.8, 4) is 5.88 Å². The van der Waals surface area contributed by atoms with Gasteiger partial charge >= 0.3 is 0 Å². The van der Waals surface area contributed by atoms with Crippen molar-refractivity contribution in [1.29, 1.82) is 0 Å². The van der Waals surface area contributed by atoms with E-state index in [4.69, 9.17) is 4.74 Å². The third-order valence-corrected chi connectivity index (χ3v) is 5.21. The van der Waals surface area contributed by atoms with Crippen LogP contribution in [0.2, 0.25) is 0 Å². The van der Waals surface area contributed by atoms with Crippen LogP contribution in [-0.4, -0.2) is 57.1 Å². The highest BCUT2D eigenvalue weighted by Crippen LogP contribution is 2.36. The highest BCUT2D eigenvalue weighted by molar-refractivity contribution is 5.45. The topological polar surface area (TPSA) is 67.3 Å². The van der Waals surface area contributed by atoms with Crippen LogP contribution in [0.3, 0.4) is 0 Å². The zero-order chi connectivity index (χ0) is 17.9. The number of methoxy groups -OCH3 is 1. The van der Waals surface area contributed by atoms with Gasteiger partial charge in [-0.15, -0.1) is 0 Å². The van der Waals surface area contributed by atoms with Crippen molar-refractivity contribution in [1.82, 2.24) is 24.8 Å². The molecule has 0 N–H and O–H groups in total. The average Bonchev–Trinajstić information content (AvgIpc) is 3.49. The highest BCUT2D eigenvalue weighted by Gasteiger charge is 2.36. The summed E-state index contributed by atoms with van der Waals surface area (Å²) < 4.78 is 5.29. The number of hydrogen-bond acceptors (Lipinski definition) is 7. The largest absolute Gasteiger partial charge is 0.481 e. The minimum absolute atomic E-state index is 0.533. The van der Waals surface area contributed by atoms with Crippen LogP contribution in [0, 0.1) is 6.92 Å². The summed E-state index contributed by atoms with van der Waals surface area (Å²) in [6.07, 6.45) is 8.26. The van der Waals surface area contributed by atoms with Gasteiger partial charge < -0.3 is 9.64 Å². The lowest BCUT2D eigenvalue weighted by Gasteiger charge is -2.39. The number of nitrogens with zero attached hydrogens (tertiary/aromatic N) is 6. The third-order valence-electron chi connectivity index (χ3n) is 5.21. The van der Waals surface area contributed by atoms with Crippen LogP contribution in [0.15, 0.2) is 24.7 Å². The predicted octanol–water partition coefficient (Wildman–Crippen LogP) is 2.22. The first kappa shape index (κ1) is 17.1. The van der Waals surface area contributed by atoms with Crippen molar-refractivity contribution in [2.24, 2.45) is 0 Å². The van der Waals surface area contributed by atoms with E-state index in [1.165, 1.54) is 12.8 Å². The lowest BCUT2D eigenvalue weighted by Crippen LogP contribution is -2.46. The Morgan fingerprint density at radius 3 is 2.58 bits per heavy atom. The lowest BCUT2D eigenvalue weighted by molar-refractivity contribution is 0.198. The molecule has 2 fully saturated rings. The van der Waals surface area contributed by atoms with E-state index in [0.717, 1.165) is 49.8 Å². The van der Waals surface area contributed by atoms with Crippen LogP contribution >= 0.6 is 0 Å². The van der Waals surface area contributed by atoms with E-state index in [-0.39, 0.29) is 0 Å². The van der Waals surface area contributed by atoms with Gasteiger partial charge in [0.2, 0.25) is 5.88 Å². The Bertz CT molecular complexity index is 742. The molecule has 7 nitrogen and oxygen atoms in total. The molecule has 3 heterocycles. The van der Waals surface area contributed by atoms with Gasteiger partial charge in [0.1, 0.15) is 18.0 Å². The quantitative estimate of drug-likeness (QED) is 0.788. The SMILES string of the molecule is COc1cc(N(C2CC2)C2CCN(Cc3ccnc(C)n3)CC2)ncn1. The monoisotopic (exact) mass is 354 g/mol. The van der Waals surface area contributed by atoms with Gasteiger partial charge in [0.25, 0.3) is 0 Å². The molecular formula is C19H26N6O. The predicted molar refractivity (Wildman–Crippen MR) is 99.2 cm³/mol. The van der Waals surface area contributed by atoms with Gasteiger partial charge in [0.15, 0.2) is 0 Å². The first-order valence-corrected chi connectivity index (χ1v) is 9.38. The van der Waals surface area contributed by atoms with Crippen molar-refractivity contribution in [3.05, 3.63) is 36.2 Å². The maximum absolute atomic E-state index is 5.29. The van der Waals surface area contributed by atoms with Crippen LogP contribution in [0.25, 0.3) is 0 Å². The van der Waals surface area contributed by atoms with Crippen molar-refractivity contribution in [2.75, 3.05) is 25.1 Å². The number of aryl methyl sites for hydroxylation is 1. The maximum atomic E-state index is 5.29. The Morgan fingerprint density at radius 1 is 1.12 bits per heavy atom. The second kappa shape index (κ2) is 7.53. The normalized spacial score (nSPS) is 18.7. The van der Waals surface area contributed by atoms with Crippen LogP contribution in [0.1, 0.15) is 37.2 Å². The molecule has 7 heteroatoms. The van der Waals surface area contributed by atoms with E-state index >= 15 is 0 Å². The van der Waals surface area contributed by atoms with Gasteiger partial charge in [-0.25, -0.2) is 19.9 Å². The number of piperidine rings is 1. The summed E-state index contributed by atoms with van der Waals surface area (Å²) in [5, 5.41) is 0. The van der Waals surface area contributed by atoms with E-state index in [0.29, 0.717) is 18.0 Å². The Balaban J connectivity index is 1.40. The summed E-state index contributed by atoms with van der Waals surface area (Å²) in [5.41, 5.74) is 1.11. The van der Waals surface area contributed by atoms with Gasteiger partial charge in [0, 0.05) is 44.0 Å². The molecule has 2 aromatic heterocycles. The standard InChI is InChI=1S/C19H26N6O/c1-14-20-8-5-15(23-14)12-24-9-6-17(7-10-24)25(16-3-4-16)18-11-19(26-2)22-13-21-18/h5,8,11,13,16-17H,3-4,6-7,9-10,12H2,1-2H3. The summed E-state index contributed by atoms with van der Waals surface area (Å²) in [6.45, 7) is 5.01. The van der Waals surface area contributed by atoms with Gasteiger partial charge in [-0.2, -0.15) is 0 Å². The number of likely N-dealkylation sites (tertiary alicyclic amines) is 1. The molecule has 26 heavy (non-hydrogen) atoms. The van der Waals surface area contributed by atoms with Crippen molar-refractivity contribution >= 4 is 5.82 Å². The van der Waals surface area contributed by atoms with Crippen molar-refractivity contribution in [3.63, 3.8) is 0 Å². The Labute approximate surface area is 154 Å². The molecule has 0 amide bonds. The molecule has 1 saturated carbocycles. The Hall–Kier alpha value is -2.28. The molecule has 0 unspecified atom stereocenters. The maximum Gasteiger partial charge on any atom is 0.218 e. The lowest BCUT2D eigenvalue weighted by atomic mass is 10.0. The molecule has 2 aliphatic rings. The smallest absolute Gasteiger partial charge is 0.218 e. The summed E-state index contributed by atoms with van der Waals surface area (Å²) in [4.78, 5) is 22.4. The van der Waals surface area contributed by atoms with E-state index in [1.807, 2.05) is 25.3 Å². The number of hydrogen-bond donors (Lipinski definition) is 0. The highest BCUT2D eigenvalue weighted by atomic mass is 16.5. The van der Waals surface area contributed by atoms with Crippen LogP contribution in [0.5, 0.6) is 5.88 Å². The van der Waals surface area contributed by atoms with E-state index in [9.17, 15) is 0 Å². The second-order valence-electron chi connectivity index (χ2n) is 7.16. The summed E-state index contributed by atoms with van der Waals surface area (Å²) in [7, 11) is 1.65. The summed E-state index contributed by atoms with van der Waals surface area (Å²) >= 11 is 0. The molecule has 1 aliphatic carbocycles. The third kappa shape index (κ3) is 3.93. The molecule has 0 radical (unpaired) electrons. The molecule has 0 spiro atoms. The van der Waals surface area contributed by atoms with Gasteiger partial charge in [-0.1, -0.05) is 0 Å². The second-order valence-corrected chi connectivity index (χ2v) is 7.16. The van der Waals surface area contributed by atoms with Gasteiger partial charge in [-0.3, -0.25) is 4.90 Å². The fourth-order valence-electron chi connectivity index (χ4n) is 3.79.